The van der Waals surface area contributed by atoms with Crippen LogP contribution >= 0.6 is 11.3 Å². The number of fused-ring (bicyclic) bond motifs is 1. The molecule has 27 heavy (non-hydrogen) atoms. The second-order valence-electron chi connectivity index (χ2n) is 5.29. The first kappa shape index (κ1) is 17.9. The topological polar surface area (TPSA) is 148 Å². The van der Waals surface area contributed by atoms with Gasteiger partial charge in [0.15, 0.2) is 0 Å². The molecule has 1 heterocycles. The maximum absolute atomic E-state index is 12.2. The molecule has 0 bridgehead atoms. The van der Waals surface area contributed by atoms with Crippen molar-refractivity contribution in [1.29, 1.82) is 0 Å². The SMILES string of the molecule is O=C(NN=Cc1cc(O)ccc1[N+](=O)[O-])c1cc2cc([N+](=O)[O-])ccc2s1. The number of phenolic OH excluding ortho intramolecular Hbond substituents is 1. The molecule has 0 aliphatic carbocycles. The van der Waals surface area contributed by atoms with Gasteiger partial charge in [0.2, 0.25) is 0 Å². The summed E-state index contributed by atoms with van der Waals surface area (Å²) >= 11 is 1.13. The van der Waals surface area contributed by atoms with Crippen molar-refractivity contribution in [1.82, 2.24) is 5.43 Å². The summed E-state index contributed by atoms with van der Waals surface area (Å²) < 4.78 is 0.693. The minimum absolute atomic E-state index is 0.0206. The fourth-order valence-electron chi connectivity index (χ4n) is 2.28. The van der Waals surface area contributed by atoms with E-state index in [9.17, 15) is 30.1 Å². The molecule has 0 spiro atoms. The van der Waals surface area contributed by atoms with Crippen LogP contribution in [0.15, 0.2) is 47.6 Å². The lowest BCUT2D eigenvalue weighted by molar-refractivity contribution is -0.385. The molecule has 0 saturated heterocycles. The van der Waals surface area contributed by atoms with Crippen LogP contribution in [0.4, 0.5) is 11.4 Å². The number of hydrogen-bond acceptors (Lipinski definition) is 8. The van der Waals surface area contributed by atoms with Crippen LogP contribution in [0.3, 0.4) is 0 Å². The van der Waals surface area contributed by atoms with Crippen molar-refractivity contribution in [3.05, 3.63) is 73.1 Å². The predicted octanol–water partition coefficient (Wildman–Crippen LogP) is 3.19. The summed E-state index contributed by atoms with van der Waals surface area (Å²) in [6.07, 6.45) is 1.05. The van der Waals surface area contributed by atoms with Crippen LogP contribution in [-0.4, -0.2) is 27.1 Å². The molecule has 0 unspecified atom stereocenters. The number of nitro groups is 2. The molecule has 0 radical (unpaired) electrons. The molecular weight excluding hydrogens is 376 g/mol. The lowest BCUT2D eigenvalue weighted by Crippen LogP contribution is -2.16. The maximum atomic E-state index is 12.2. The van der Waals surface area contributed by atoms with Gasteiger partial charge in [-0.1, -0.05) is 0 Å². The molecule has 0 fully saturated rings. The molecule has 11 heteroatoms. The van der Waals surface area contributed by atoms with Gasteiger partial charge in [-0.25, -0.2) is 5.43 Å². The quantitative estimate of drug-likeness (QED) is 0.391. The van der Waals surface area contributed by atoms with Crippen LogP contribution in [0, 0.1) is 20.2 Å². The molecule has 3 aromatic rings. The summed E-state index contributed by atoms with van der Waals surface area (Å²) in [6, 6.07) is 9.19. The fourth-order valence-corrected chi connectivity index (χ4v) is 3.22. The zero-order valence-electron chi connectivity index (χ0n) is 13.4. The van der Waals surface area contributed by atoms with E-state index in [4.69, 9.17) is 0 Å². The monoisotopic (exact) mass is 386 g/mol. The second-order valence-corrected chi connectivity index (χ2v) is 6.37. The van der Waals surface area contributed by atoms with Gasteiger partial charge in [-0.05, 0) is 24.3 Å². The highest BCUT2D eigenvalue weighted by Crippen LogP contribution is 2.29. The molecule has 10 nitrogen and oxygen atoms in total. The normalized spacial score (nSPS) is 11.0. The van der Waals surface area contributed by atoms with E-state index >= 15 is 0 Å². The molecule has 1 amide bonds. The Morgan fingerprint density at radius 1 is 1.11 bits per heavy atom. The number of benzene rings is 2. The van der Waals surface area contributed by atoms with Crippen LogP contribution < -0.4 is 5.43 Å². The summed E-state index contributed by atoms with van der Waals surface area (Å²) in [5.74, 6) is -0.752. The molecule has 2 aromatic carbocycles. The zero-order valence-corrected chi connectivity index (χ0v) is 14.2. The third-order valence-corrected chi connectivity index (χ3v) is 4.63. The number of hydrogen-bond donors (Lipinski definition) is 2. The van der Waals surface area contributed by atoms with E-state index in [1.54, 1.807) is 6.07 Å². The van der Waals surface area contributed by atoms with E-state index in [2.05, 4.69) is 10.5 Å². The number of carbonyl (C=O) groups is 1. The summed E-state index contributed by atoms with van der Waals surface area (Å²) in [7, 11) is 0. The standard InChI is InChI=1S/C16H10N4O6S/c21-12-2-3-13(20(25)26)10(6-12)8-17-18-16(22)15-7-9-5-11(19(23)24)1-4-14(9)27-15/h1-8,21H,(H,18,22). The Balaban J connectivity index is 1.79. The van der Waals surface area contributed by atoms with E-state index < -0.39 is 15.8 Å². The molecule has 0 aliphatic rings. The third-order valence-electron chi connectivity index (χ3n) is 3.51. The largest absolute Gasteiger partial charge is 0.508 e. The maximum Gasteiger partial charge on any atom is 0.281 e. The Morgan fingerprint density at radius 3 is 2.59 bits per heavy atom. The number of aromatic hydroxyl groups is 1. The van der Waals surface area contributed by atoms with Gasteiger partial charge in [0.1, 0.15) is 5.75 Å². The molecule has 0 aliphatic heterocycles. The summed E-state index contributed by atoms with van der Waals surface area (Å²) in [4.78, 5) is 33.0. The van der Waals surface area contributed by atoms with Gasteiger partial charge in [-0.3, -0.25) is 25.0 Å². The molecule has 1 aromatic heterocycles. The highest BCUT2D eigenvalue weighted by molar-refractivity contribution is 7.20. The van der Waals surface area contributed by atoms with Gasteiger partial charge < -0.3 is 5.11 Å². The number of rotatable bonds is 5. The second kappa shape index (κ2) is 7.17. The number of carbonyl (C=O) groups excluding carboxylic acids is 1. The number of nitrogens with zero attached hydrogens (tertiary/aromatic N) is 3. The lowest BCUT2D eigenvalue weighted by Gasteiger charge is -1.99. The first-order valence-corrected chi connectivity index (χ1v) is 8.15. The average molecular weight is 386 g/mol. The predicted molar refractivity (Wildman–Crippen MR) is 98.3 cm³/mol. The highest BCUT2D eigenvalue weighted by Gasteiger charge is 2.14. The van der Waals surface area contributed by atoms with Gasteiger partial charge in [-0.2, -0.15) is 5.10 Å². The lowest BCUT2D eigenvalue weighted by atomic mass is 10.2. The van der Waals surface area contributed by atoms with Crippen LogP contribution in [0.1, 0.15) is 15.2 Å². The van der Waals surface area contributed by atoms with Gasteiger partial charge in [-0.15, -0.1) is 11.3 Å². The molecule has 0 saturated carbocycles. The van der Waals surface area contributed by atoms with Gasteiger partial charge >= 0.3 is 0 Å². The first-order chi connectivity index (χ1) is 12.8. The number of thiophene rings is 1. The van der Waals surface area contributed by atoms with Crippen molar-refractivity contribution in [3.63, 3.8) is 0 Å². The minimum Gasteiger partial charge on any atom is -0.508 e. The van der Waals surface area contributed by atoms with Gasteiger partial charge in [0.25, 0.3) is 17.3 Å². The molecule has 136 valence electrons. The van der Waals surface area contributed by atoms with Crippen LogP contribution in [0.5, 0.6) is 5.75 Å². The zero-order chi connectivity index (χ0) is 19.6. The average Bonchev–Trinajstić information content (AvgIpc) is 3.04. The van der Waals surface area contributed by atoms with Crippen molar-refractivity contribution < 1.29 is 19.7 Å². The van der Waals surface area contributed by atoms with Crippen LogP contribution in [0.2, 0.25) is 0 Å². The van der Waals surface area contributed by atoms with E-state index in [1.165, 1.54) is 24.3 Å². The molecular formula is C16H10N4O6S. The number of non-ortho nitro benzene ring substituents is 1. The fraction of sp³-hybridized carbons (Fsp3) is 0. The van der Waals surface area contributed by atoms with Crippen molar-refractivity contribution >= 4 is 44.9 Å². The van der Waals surface area contributed by atoms with Crippen molar-refractivity contribution in [2.24, 2.45) is 5.10 Å². The van der Waals surface area contributed by atoms with Gasteiger partial charge in [0.05, 0.1) is 26.5 Å². The Kier molecular flexibility index (Phi) is 4.77. The molecule has 3 rings (SSSR count). The Hall–Kier alpha value is -3.86. The number of nitrogens with one attached hydrogen (secondary N) is 1. The van der Waals surface area contributed by atoms with E-state index in [0.717, 1.165) is 29.7 Å². The van der Waals surface area contributed by atoms with Crippen molar-refractivity contribution in [2.75, 3.05) is 0 Å². The number of hydrazone groups is 1. The Morgan fingerprint density at radius 2 is 1.89 bits per heavy atom. The first-order valence-electron chi connectivity index (χ1n) is 7.34. The van der Waals surface area contributed by atoms with E-state index in [1.807, 2.05) is 0 Å². The Bertz CT molecular complexity index is 1110. The third kappa shape index (κ3) is 3.88. The number of phenols is 1. The molecule has 0 atom stereocenters. The highest BCUT2D eigenvalue weighted by atomic mass is 32.1. The van der Waals surface area contributed by atoms with Crippen LogP contribution in [0.25, 0.3) is 10.1 Å². The smallest absolute Gasteiger partial charge is 0.281 e. The Labute approximate surface area is 154 Å². The number of nitro benzene ring substituents is 2. The van der Waals surface area contributed by atoms with Gasteiger partial charge in [0, 0.05) is 28.3 Å². The summed E-state index contributed by atoms with van der Waals surface area (Å²) in [5.41, 5.74) is 1.90. The van der Waals surface area contributed by atoms with Crippen molar-refractivity contribution in [3.8, 4) is 5.75 Å². The minimum atomic E-state index is -0.637. The van der Waals surface area contributed by atoms with E-state index in [-0.39, 0.29) is 27.6 Å². The number of amides is 1. The van der Waals surface area contributed by atoms with Crippen LogP contribution in [-0.2, 0) is 0 Å². The molecule has 2 N–H and O–H groups in total. The van der Waals surface area contributed by atoms with E-state index in [0.29, 0.717) is 10.1 Å². The summed E-state index contributed by atoms with van der Waals surface area (Å²) in [5, 5.41) is 35.4. The summed E-state index contributed by atoms with van der Waals surface area (Å²) in [6.45, 7) is 0. The van der Waals surface area contributed by atoms with Crippen molar-refractivity contribution in [2.45, 2.75) is 0 Å².